The number of ketones is 1. The predicted octanol–water partition coefficient (Wildman–Crippen LogP) is 5.87. The van der Waals surface area contributed by atoms with Gasteiger partial charge in [0.25, 0.3) is 0 Å². The molecule has 0 aromatic heterocycles. The average Bonchev–Trinajstić information content (AvgIpc) is 2.82. The molecule has 1 atom stereocenters. The summed E-state index contributed by atoms with van der Waals surface area (Å²) in [4.78, 5) is 27.0. The number of carbonyl (C=O) groups is 2. The number of para-hydroxylation sites is 1. The van der Waals surface area contributed by atoms with Crippen molar-refractivity contribution < 1.29 is 19.1 Å². The Balaban J connectivity index is 1.71. The summed E-state index contributed by atoms with van der Waals surface area (Å²) in [6.45, 7) is 9.00. The third-order valence-corrected chi connectivity index (χ3v) is 6.62. The maximum absolute atomic E-state index is 13.5. The third kappa shape index (κ3) is 5.50. The van der Waals surface area contributed by atoms with Crippen LogP contribution < -0.4 is 10.1 Å². The second kappa shape index (κ2) is 10.5. The molecule has 0 fully saturated rings. The van der Waals surface area contributed by atoms with Crippen molar-refractivity contribution in [2.45, 2.75) is 59.3 Å². The molecule has 0 amide bonds. The van der Waals surface area contributed by atoms with Crippen LogP contribution in [0.2, 0.25) is 0 Å². The second-order valence-electron chi connectivity index (χ2n) is 10.2. The summed E-state index contributed by atoms with van der Waals surface area (Å²) in [7, 11) is 0. The highest BCUT2D eigenvalue weighted by Gasteiger charge is 2.44. The van der Waals surface area contributed by atoms with Crippen molar-refractivity contribution in [1.82, 2.24) is 5.32 Å². The van der Waals surface area contributed by atoms with Gasteiger partial charge < -0.3 is 14.8 Å². The quantitative estimate of drug-likeness (QED) is 0.486. The molecular weight excluding hydrogens is 438 g/mol. The maximum atomic E-state index is 13.5. The molecular formula is C30H35NO4. The Hall–Kier alpha value is -3.34. The molecule has 5 heteroatoms. The molecule has 1 unspecified atom stereocenters. The molecule has 0 spiro atoms. The Morgan fingerprint density at radius 2 is 1.74 bits per heavy atom. The van der Waals surface area contributed by atoms with Crippen LogP contribution in [-0.4, -0.2) is 25.0 Å². The minimum absolute atomic E-state index is 0.0705. The van der Waals surface area contributed by atoms with Crippen LogP contribution in [0.25, 0.3) is 0 Å². The van der Waals surface area contributed by atoms with Gasteiger partial charge in [-0.15, -0.1) is 0 Å². The minimum Gasteiger partial charge on any atom is -0.493 e. The van der Waals surface area contributed by atoms with Crippen molar-refractivity contribution in [3.8, 4) is 5.75 Å². The predicted molar refractivity (Wildman–Crippen MR) is 137 cm³/mol. The van der Waals surface area contributed by atoms with Gasteiger partial charge in [-0.3, -0.25) is 4.79 Å². The van der Waals surface area contributed by atoms with Crippen LogP contribution in [0.5, 0.6) is 5.75 Å². The molecule has 184 valence electrons. The van der Waals surface area contributed by atoms with E-state index in [1.165, 1.54) is 0 Å². The molecule has 0 bridgehead atoms. The van der Waals surface area contributed by atoms with Gasteiger partial charge in [0, 0.05) is 35.4 Å². The van der Waals surface area contributed by atoms with Crippen molar-refractivity contribution in [1.29, 1.82) is 0 Å². The van der Waals surface area contributed by atoms with Gasteiger partial charge in [-0.1, -0.05) is 69.3 Å². The van der Waals surface area contributed by atoms with Gasteiger partial charge in [0.1, 0.15) is 5.75 Å². The molecule has 2 aromatic carbocycles. The van der Waals surface area contributed by atoms with Crippen LogP contribution in [0.3, 0.4) is 0 Å². The lowest BCUT2D eigenvalue weighted by molar-refractivity contribution is -0.139. The van der Waals surface area contributed by atoms with Gasteiger partial charge in [0.15, 0.2) is 5.78 Å². The van der Waals surface area contributed by atoms with Crippen molar-refractivity contribution >= 4 is 11.8 Å². The van der Waals surface area contributed by atoms with E-state index in [9.17, 15) is 9.59 Å². The summed E-state index contributed by atoms with van der Waals surface area (Å²) in [6, 6.07) is 17.7. The highest BCUT2D eigenvalue weighted by molar-refractivity contribution is 6.04. The van der Waals surface area contributed by atoms with E-state index in [0.29, 0.717) is 36.3 Å². The van der Waals surface area contributed by atoms with Gasteiger partial charge in [0.05, 0.1) is 24.7 Å². The summed E-state index contributed by atoms with van der Waals surface area (Å²) in [6.07, 6.45) is 2.69. The number of Topliss-reactive ketones (excluding diaryl/α,β-unsaturated/α-hetero) is 1. The zero-order valence-electron chi connectivity index (χ0n) is 21.1. The fourth-order valence-electron chi connectivity index (χ4n) is 5.06. The molecule has 35 heavy (non-hydrogen) atoms. The lowest BCUT2D eigenvalue weighted by Crippen LogP contribution is -2.38. The molecule has 0 saturated carbocycles. The van der Waals surface area contributed by atoms with E-state index in [4.69, 9.17) is 9.47 Å². The molecule has 1 N–H and O–H groups in total. The normalized spacial score (nSPS) is 19.2. The van der Waals surface area contributed by atoms with Crippen LogP contribution in [0, 0.1) is 5.41 Å². The van der Waals surface area contributed by atoms with Crippen LogP contribution >= 0.6 is 0 Å². The molecule has 4 rings (SSSR count). The lowest BCUT2D eigenvalue weighted by Gasteiger charge is -2.39. The Morgan fingerprint density at radius 1 is 1.03 bits per heavy atom. The number of ether oxygens (including phenoxy) is 2. The van der Waals surface area contributed by atoms with Gasteiger partial charge in [-0.25, -0.2) is 4.79 Å². The number of nitrogens with one attached hydrogen (secondary N) is 1. The Labute approximate surface area is 208 Å². The number of allylic oxidation sites excluding steroid dienone is 3. The second-order valence-corrected chi connectivity index (χ2v) is 10.2. The molecule has 1 aliphatic carbocycles. The first-order valence-corrected chi connectivity index (χ1v) is 12.5. The number of carbonyl (C=O) groups excluding carboxylic acids is 2. The average molecular weight is 474 g/mol. The lowest BCUT2D eigenvalue weighted by atomic mass is 9.68. The van der Waals surface area contributed by atoms with Crippen LogP contribution in [0.4, 0.5) is 0 Å². The number of esters is 1. The highest BCUT2D eigenvalue weighted by atomic mass is 16.5. The molecule has 5 nitrogen and oxygen atoms in total. The van der Waals surface area contributed by atoms with Crippen molar-refractivity contribution in [3.63, 3.8) is 0 Å². The molecule has 2 aromatic rings. The van der Waals surface area contributed by atoms with Crippen molar-refractivity contribution in [2.75, 3.05) is 13.2 Å². The number of benzene rings is 2. The van der Waals surface area contributed by atoms with E-state index in [1.54, 1.807) is 0 Å². The molecule has 1 aliphatic heterocycles. The Bertz CT molecular complexity index is 1160. The minimum atomic E-state index is -0.521. The first-order chi connectivity index (χ1) is 16.8. The number of rotatable bonds is 8. The summed E-state index contributed by atoms with van der Waals surface area (Å²) in [5.74, 6) is -0.146. The standard InChI is InChI=1S/C30H35NO4/c1-5-16-34-25-14-10-9-13-22(25)27-26(29(33)35-17-15-21-11-7-6-8-12-21)20(2)31-23-18-30(3,4)19-24(32)28(23)27/h6-14,27,31H,5,15-19H2,1-4H3. The third-order valence-electron chi connectivity index (χ3n) is 6.62. The molecule has 0 saturated heterocycles. The van der Waals surface area contributed by atoms with E-state index in [1.807, 2.05) is 61.5 Å². The summed E-state index contributed by atoms with van der Waals surface area (Å²) < 4.78 is 11.8. The largest absolute Gasteiger partial charge is 0.493 e. The number of dihydropyridines is 1. The topological polar surface area (TPSA) is 64.6 Å². The zero-order chi connectivity index (χ0) is 25.0. The number of hydrogen-bond acceptors (Lipinski definition) is 5. The van der Waals surface area contributed by atoms with E-state index < -0.39 is 11.9 Å². The Morgan fingerprint density at radius 3 is 2.49 bits per heavy atom. The monoisotopic (exact) mass is 473 g/mol. The first kappa shape index (κ1) is 24.8. The summed E-state index contributed by atoms with van der Waals surface area (Å²) in [5, 5.41) is 3.40. The first-order valence-electron chi connectivity index (χ1n) is 12.5. The van der Waals surface area contributed by atoms with Crippen molar-refractivity contribution in [3.05, 3.63) is 88.3 Å². The summed E-state index contributed by atoms with van der Waals surface area (Å²) in [5.41, 5.74) is 4.58. The smallest absolute Gasteiger partial charge is 0.336 e. The molecule has 0 radical (unpaired) electrons. The van der Waals surface area contributed by atoms with Crippen LogP contribution in [0.15, 0.2) is 77.1 Å². The van der Waals surface area contributed by atoms with Crippen molar-refractivity contribution in [2.24, 2.45) is 5.41 Å². The van der Waals surface area contributed by atoms with E-state index in [0.717, 1.165) is 35.4 Å². The zero-order valence-corrected chi connectivity index (χ0v) is 21.1. The van der Waals surface area contributed by atoms with Crippen LogP contribution in [0.1, 0.15) is 64.0 Å². The van der Waals surface area contributed by atoms with E-state index >= 15 is 0 Å². The van der Waals surface area contributed by atoms with Gasteiger partial charge in [-0.2, -0.15) is 0 Å². The van der Waals surface area contributed by atoms with E-state index in [-0.39, 0.29) is 17.8 Å². The Kier molecular flexibility index (Phi) is 7.44. The summed E-state index contributed by atoms with van der Waals surface area (Å²) >= 11 is 0. The molecule has 1 heterocycles. The number of hydrogen-bond donors (Lipinski definition) is 1. The van der Waals surface area contributed by atoms with E-state index in [2.05, 4.69) is 26.1 Å². The SMILES string of the molecule is CCCOc1ccccc1C1C(C(=O)OCCc2ccccc2)=C(C)NC2=C1C(=O)CC(C)(C)C2. The highest BCUT2D eigenvalue weighted by Crippen LogP contribution is 2.48. The van der Waals surface area contributed by atoms with Crippen LogP contribution in [-0.2, 0) is 20.7 Å². The van der Waals surface area contributed by atoms with Gasteiger partial charge >= 0.3 is 5.97 Å². The fourth-order valence-corrected chi connectivity index (χ4v) is 5.06. The van der Waals surface area contributed by atoms with Gasteiger partial charge in [0.2, 0.25) is 0 Å². The van der Waals surface area contributed by atoms with Gasteiger partial charge in [-0.05, 0) is 36.8 Å². The molecule has 2 aliphatic rings. The fraction of sp³-hybridized carbons (Fsp3) is 0.400. The maximum Gasteiger partial charge on any atom is 0.336 e.